The van der Waals surface area contributed by atoms with Crippen LogP contribution in [0.25, 0.3) is 0 Å². The molecule has 5 atom stereocenters. The highest BCUT2D eigenvalue weighted by Gasteiger charge is 2.65. The third-order valence-corrected chi connectivity index (χ3v) is 7.25. The minimum atomic E-state index is -1.13. The Morgan fingerprint density at radius 2 is 1.43 bits per heavy atom. The molecule has 0 radical (unpaired) electrons. The van der Waals surface area contributed by atoms with Crippen LogP contribution in [0.3, 0.4) is 0 Å². The van der Waals surface area contributed by atoms with Crippen molar-refractivity contribution in [1.29, 1.82) is 0 Å². The lowest BCUT2D eigenvalue weighted by Crippen LogP contribution is -2.70. The Morgan fingerprint density at radius 3 is 1.89 bits per heavy atom. The normalized spacial score (nSPS) is 35.9. The van der Waals surface area contributed by atoms with Gasteiger partial charge < -0.3 is 10.5 Å². The third kappa shape index (κ3) is 2.77. The molecule has 2 aromatic carbocycles. The Labute approximate surface area is 165 Å². The lowest BCUT2D eigenvalue weighted by atomic mass is 9.48. The van der Waals surface area contributed by atoms with E-state index in [4.69, 9.17) is 10.5 Å². The molecule has 0 saturated heterocycles. The van der Waals surface area contributed by atoms with Crippen molar-refractivity contribution >= 4 is 5.97 Å². The number of carbonyl (C=O) groups is 1. The quantitative estimate of drug-likeness (QED) is 0.792. The topological polar surface area (TPSA) is 52.3 Å². The highest BCUT2D eigenvalue weighted by Crippen LogP contribution is 2.61. The zero-order valence-electron chi connectivity index (χ0n) is 15.9. The van der Waals surface area contributed by atoms with Gasteiger partial charge in [-0.3, -0.25) is 4.79 Å². The highest BCUT2D eigenvalue weighted by molar-refractivity contribution is 5.82. The number of carbonyl (C=O) groups excluding carboxylic acids is 1. The zero-order chi connectivity index (χ0) is 19.4. The molecule has 4 fully saturated rings. The first-order valence-corrected chi connectivity index (χ1v) is 10.3. The van der Waals surface area contributed by atoms with Crippen molar-refractivity contribution in [3.05, 3.63) is 71.8 Å². The summed E-state index contributed by atoms with van der Waals surface area (Å²) in [6, 6.07) is 19.5. The monoisotopic (exact) mass is 379 g/mol. The van der Waals surface area contributed by atoms with Crippen LogP contribution >= 0.6 is 0 Å². The van der Waals surface area contributed by atoms with E-state index < -0.39 is 17.3 Å². The van der Waals surface area contributed by atoms with E-state index in [-0.39, 0.29) is 17.8 Å². The summed E-state index contributed by atoms with van der Waals surface area (Å²) < 4.78 is 21.2. The number of halogens is 1. The molecular weight excluding hydrogens is 353 g/mol. The molecular formula is C24H26FNO2. The maximum Gasteiger partial charge on any atom is 0.327 e. The van der Waals surface area contributed by atoms with E-state index in [1.54, 1.807) is 0 Å². The number of benzene rings is 2. The summed E-state index contributed by atoms with van der Waals surface area (Å²) in [5, 5.41) is 0. The average Bonchev–Trinajstić information content (AvgIpc) is 2.70. The van der Waals surface area contributed by atoms with Crippen LogP contribution in [0.5, 0.6) is 0 Å². The van der Waals surface area contributed by atoms with Crippen LogP contribution in [-0.2, 0) is 9.53 Å². The van der Waals surface area contributed by atoms with Gasteiger partial charge in [0.2, 0.25) is 0 Å². The summed E-state index contributed by atoms with van der Waals surface area (Å²) in [6.07, 6.45) is 2.61. The van der Waals surface area contributed by atoms with Crippen LogP contribution in [0.15, 0.2) is 60.7 Å². The second-order valence-electron chi connectivity index (χ2n) is 9.03. The fraction of sp³-hybridized carbons (Fsp3) is 0.458. The molecule has 4 aliphatic rings. The Kier molecular flexibility index (Phi) is 4.09. The standard InChI is InChI=1S/C24H26FNO2/c25-23-13-16-11-19(14-23)24(26,20(12-16)15-23)22(27)28-21(17-7-3-1-4-8-17)18-9-5-2-6-10-18/h1-10,16,19-21H,11-15,26H2/t16-,19-,20+,23-,24+. The van der Waals surface area contributed by atoms with Gasteiger partial charge in [-0.25, -0.2) is 4.39 Å². The third-order valence-electron chi connectivity index (χ3n) is 7.25. The molecule has 0 aromatic heterocycles. The molecule has 0 unspecified atom stereocenters. The van der Waals surface area contributed by atoms with E-state index >= 15 is 4.39 Å². The van der Waals surface area contributed by atoms with Crippen molar-refractivity contribution in [3.63, 3.8) is 0 Å². The molecule has 0 spiro atoms. The van der Waals surface area contributed by atoms with Gasteiger partial charge in [-0.15, -0.1) is 0 Å². The minimum absolute atomic E-state index is 0.122. The summed E-state index contributed by atoms with van der Waals surface area (Å²) in [5.74, 6) is -0.250. The predicted octanol–water partition coefficient (Wildman–Crippen LogP) is 4.56. The van der Waals surface area contributed by atoms with E-state index in [0.29, 0.717) is 25.2 Å². The maximum absolute atomic E-state index is 15.1. The highest BCUT2D eigenvalue weighted by atomic mass is 19.1. The molecule has 0 amide bonds. The van der Waals surface area contributed by atoms with Crippen molar-refractivity contribution in [2.24, 2.45) is 23.5 Å². The number of rotatable bonds is 4. The Morgan fingerprint density at radius 1 is 0.929 bits per heavy atom. The molecule has 28 heavy (non-hydrogen) atoms. The number of hydrogen-bond donors (Lipinski definition) is 1. The summed E-state index contributed by atoms with van der Waals surface area (Å²) in [4.78, 5) is 13.4. The van der Waals surface area contributed by atoms with E-state index in [9.17, 15) is 4.79 Å². The molecule has 4 bridgehead atoms. The van der Waals surface area contributed by atoms with Gasteiger partial charge in [0.15, 0.2) is 6.10 Å². The predicted molar refractivity (Wildman–Crippen MR) is 105 cm³/mol. The molecule has 4 heteroatoms. The second-order valence-corrected chi connectivity index (χ2v) is 9.03. The van der Waals surface area contributed by atoms with Gasteiger partial charge in [0.25, 0.3) is 0 Å². The summed E-state index contributed by atoms with van der Waals surface area (Å²) in [6.45, 7) is 0. The average molecular weight is 379 g/mol. The smallest absolute Gasteiger partial charge is 0.327 e. The van der Waals surface area contributed by atoms with Crippen molar-refractivity contribution in [2.45, 2.75) is 49.4 Å². The van der Waals surface area contributed by atoms with Crippen molar-refractivity contribution < 1.29 is 13.9 Å². The van der Waals surface area contributed by atoms with E-state index in [1.807, 2.05) is 60.7 Å². The largest absolute Gasteiger partial charge is 0.451 e. The Bertz CT molecular complexity index is 813. The lowest BCUT2D eigenvalue weighted by molar-refractivity contribution is -0.179. The van der Waals surface area contributed by atoms with Crippen LogP contribution in [0.2, 0.25) is 0 Å². The molecule has 3 nitrogen and oxygen atoms in total. The number of hydrogen-bond acceptors (Lipinski definition) is 3. The Balaban J connectivity index is 1.46. The molecule has 146 valence electrons. The lowest BCUT2D eigenvalue weighted by Gasteiger charge is -2.60. The molecule has 2 N–H and O–H groups in total. The number of esters is 1. The van der Waals surface area contributed by atoms with Crippen molar-refractivity contribution in [3.8, 4) is 0 Å². The SMILES string of the molecule is N[C@@]1(C(=O)OC(c2ccccc2)c2ccccc2)[C@@H]2C[C@@H]3C[C@H]1C[C@@](F)(C3)C2. The van der Waals surface area contributed by atoms with Gasteiger partial charge in [-0.1, -0.05) is 60.7 Å². The molecule has 2 aromatic rings. The first-order chi connectivity index (χ1) is 13.5. The van der Waals surface area contributed by atoms with Crippen molar-refractivity contribution in [2.75, 3.05) is 0 Å². The van der Waals surface area contributed by atoms with Gasteiger partial charge in [-0.2, -0.15) is 0 Å². The molecule has 0 aliphatic heterocycles. The van der Waals surface area contributed by atoms with E-state index in [1.165, 1.54) is 0 Å². The molecule has 4 saturated carbocycles. The minimum Gasteiger partial charge on any atom is -0.451 e. The first kappa shape index (κ1) is 17.9. The van der Waals surface area contributed by atoms with E-state index in [0.717, 1.165) is 24.0 Å². The van der Waals surface area contributed by atoms with Gasteiger partial charge in [0.05, 0.1) is 0 Å². The molecule has 0 heterocycles. The first-order valence-electron chi connectivity index (χ1n) is 10.3. The summed E-state index contributed by atoms with van der Waals surface area (Å²) >= 11 is 0. The number of alkyl halides is 1. The van der Waals surface area contributed by atoms with Crippen LogP contribution < -0.4 is 5.73 Å². The second kappa shape index (κ2) is 6.41. The number of ether oxygens (including phenoxy) is 1. The van der Waals surface area contributed by atoms with Crippen LogP contribution in [-0.4, -0.2) is 17.2 Å². The van der Waals surface area contributed by atoms with Crippen molar-refractivity contribution in [1.82, 2.24) is 0 Å². The summed E-state index contributed by atoms with van der Waals surface area (Å²) in [5.41, 5.74) is 6.38. The van der Waals surface area contributed by atoms with Crippen LogP contribution in [0.1, 0.15) is 49.3 Å². The van der Waals surface area contributed by atoms with Gasteiger partial charge in [0, 0.05) is 0 Å². The fourth-order valence-electron chi connectivity index (χ4n) is 6.07. The summed E-state index contributed by atoms with van der Waals surface area (Å²) in [7, 11) is 0. The van der Waals surface area contributed by atoms with Gasteiger partial charge >= 0.3 is 5.97 Å². The van der Waals surface area contributed by atoms with Gasteiger partial charge in [0.1, 0.15) is 11.2 Å². The van der Waals surface area contributed by atoms with Gasteiger partial charge in [-0.05, 0) is 61.0 Å². The number of nitrogens with two attached hydrogens (primary N) is 1. The fourth-order valence-corrected chi connectivity index (χ4v) is 6.07. The Hall–Kier alpha value is -2.20. The molecule has 6 rings (SSSR count). The molecule has 4 aliphatic carbocycles. The maximum atomic E-state index is 15.1. The van der Waals surface area contributed by atoms with Crippen LogP contribution in [0.4, 0.5) is 4.39 Å². The van der Waals surface area contributed by atoms with E-state index in [2.05, 4.69) is 0 Å². The van der Waals surface area contributed by atoms with Crippen LogP contribution in [0, 0.1) is 17.8 Å². The zero-order valence-corrected chi connectivity index (χ0v) is 15.9.